The first-order valence-corrected chi connectivity index (χ1v) is 4.71. The van der Waals surface area contributed by atoms with Crippen LogP contribution in [0.3, 0.4) is 0 Å². The molecule has 0 aliphatic heterocycles. The maximum absolute atomic E-state index is 13.4. The van der Waals surface area contributed by atoms with E-state index < -0.39 is 29.2 Å². The minimum atomic E-state index is -1.84. The third-order valence-electron chi connectivity index (χ3n) is 1.81. The Morgan fingerprint density at radius 1 is 1.60 bits per heavy atom. The fraction of sp³-hybridized carbons (Fsp3) is 0.222. The van der Waals surface area contributed by atoms with E-state index in [1.807, 2.05) is 0 Å². The van der Waals surface area contributed by atoms with Crippen LogP contribution in [-0.4, -0.2) is 23.3 Å². The Morgan fingerprint density at radius 3 is 2.73 bits per heavy atom. The Morgan fingerprint density at radius 2 is 2.20 bits per heavy atom. The van der Waals surface area contributed by atoms with Crippen molar-refractivity contribution in [3.63, 3.8) is 0 Å². The first-order valence-electron chi connectivity index (χ1n) is 3.91. The molecule has 1 atom stereocenters. The fourth-order valence-electron chi connectivity index (χ4n) is 1.05. The highest BCUT2D eigenvalue weighted by atomic mass is 79.9. The van der Waals surface area contributed by atoms with Gasteiger partial charge in [-0.3, -0.25) is 0 Å². The van der Waals surface area contributed by atoms with Gasteiger partial charge in [0.05, 0.1) is 17.1 Å². The van der Waals surface area contributed by atoms with Crippen LogP contribution in [0.4, 0.5) is 4.39 Å². The Bertz CT molecular complexity index is 394. The Kier molecular flexibility index (Phi) is 3.65. The molecule has 0 aliphatic carbocycles. The van der Waals surface area contributed by atoms with Crippen LogP contribution in [0.5, 0.6) is 5.75 Å². The van der Waals surface area contributed by atoms with E-state index in [4.69, 9.17) is 0 Å². The lowest BCUT2D eigenvalue weighted by molar-refractivity contribution is -0.151. The number of hydrogen-bond acceptors (Lipinski definition) is 4. The van der Waals surface area contributed by atoms with E-state index in [2.05, 4.69) is 20.7 Å². The number of phenolic OH excluding ortho intramolecular Hbond substituents is 1. The molecule has 6 heteroatoms. The quantitative estimate of drug-likeness (QED) is 0.805. The van der Waals surface area contributed by atoms with Crippen molar-refractivity contribution in [1.29, 1.82) is 0 Å². The van der Waals surface area contributed by atoms with E-state index in [1.165, 1.54) is 6.07 Å². The molecule has 15 heavy (non-hydrogen) atoms. The molecule has 2 N–H and O–H groups in total. The Labute approximate surface area is 93.4 Å². The summed E-state index contributed by atoms with van der Waals surface area (Å²) in [6.07, 6.45) is -1.84. The number of carbonyl (C=O) groups is 1. The highest BCUT2D eigenvalue weighted by Gasteiger charge is 2.26. The SMILES string of the molecule is COC(=O)C(O)c1c(O)ccc(Br)c1F. The summed E-state index contributed by atoms with van der Waals surface area (Å²) in [6, 6.07) is 2.42. The molecule has 0 aliphatic rings. The zero-order valence-corrected chi connectivity index (χ0v) is 9.28. The van der Waals surface area contributed by atoms with Crippen molar-refractivity contribution in [1.82, 2.24) is 0 Å². The number of aliphatic hydroxyl groups is 1. The smallest absolute Gasteiger partial charge is 0.339 e. The van der Waals surface area contributed by atoms with Crippen molar-refractivity contribution in [3.05, 3.63) is 28.0 Å². The molecular weight excluding hydrogens is 271 g/mol. The normalized spacial score (nSPS) is 12.3. The van der Waals surface area contributed by atoms with Gasteiger partial charge in [0.2, 0.25) is 0 Å². The van der Waals surface area contributed by atoms with Crippen LogP contribution in [0.25, 0.3) is 0 Å². The van der Waals surface area contributed by atoms with Gasteiger partial charge < -0.3 is 14.9 Å². The molecule has 0 aromatic heterocycles. The number of ether oxygens (including phenoxy) is 1. The van der Waals surface area contributed by atoms with Crippen LogP contribution in [0.2, 0.25) is 0 Å². The molecule has 0 saturated carbocycles. The van der Waals surface area contributed by atoms with Crippen molar-refractivity contribution in [3.8, 4) is 5.75 Å². The highest BCUT2D eigenvalue weighted by molar-refractivity contribution is 9.10. The molecule has 0 spiro atoms. The number of aromatic hydroxyl groups is 1. The van der Waals surface area contributed by atoms with E-state index >= 15 is 0 Å². The van der Waals surface area contributed by atoms with Gasteiger partial charge in [-0.15, -0.1) is 0 Å². The second kappa shape index (κ2) is 4.59. The van der Waals surface area contributed by atoms with Crippen LogP contribution >= 0.6 is 15.9 Å². The zero-order valence-electron chi connectivity index (χ0n) is 7.70. The lowest BCUT2D eigenvalue weighted by atomic mass is 10.1. The summed E-state index contributed by atoms with van der Waals surface area (Å²) in [5.74, 6) is -2.44. The van der Waals surface area contributed by atoms with Crippen molar-refractivity contribution in [2.24, 2.45) is 0 Å². The van der Waals surface area contributed by atoms with Gasteiger partial charge in [0.25, 0.3) is 0 Å². The number of methoxy groups -OCH3 is 1. The molecule has 0 amide bonds. The van der Waals surface area contributed by atoms with Gasteiger partial charge in [0.15, 0.2) is 6.10 Å². The van der Waals surface area contributed by atoms with Crippen LogP contribution in [0, 0.1) is 5.82 Å². The lowest BCUT2D eigenvalue weighted by Crippen LogP contribution is -2.15. The van der Waals surface area contributed by atoms with E-state index in [1.54, 1.807) is 0 Å². The monoisotopic (exact) mass is 278 g/mol. The molecular formula is C9H8BrFO4. The topological polar surface area (TPSA) is 66.8 Å². The average molecular weight is 279 g/mol. The molecule has 1 unspecified atom stereocenters. The number of halogens is 2. The number of benzene rings is 1. The fourth-order valence-corrected chi connectivity index (χ4v) is 1.39. The van der Waals surface area contributed by atoms with Crippen molar-refractivity contribution >= 4 is 21.9 Å². The van der Waals surface area contributed by atoms with Gasteiger partial charge in [-0.25, -0.2) is 9.18 Å². The van der Waals surface area contributed by atoms with Crippen molar-refractivity contribution < 1.29 is 24.1 Å². The molecule has 0 fully saturated rings. The summed E-state index contributed by atoms with van der Waals surface area (Å²) in [7, 11) is 1.05. The summed E-state index contributed by atoms with van der Waals surface area (Å²) in [6.45, 7) is 0. The van der Waals surface area contributed by atoms with Gasteiger partial charge in [0, 0.05) is 0 Å². The van der Waals surface area contributed by atoms with Gasteiger partial charge in [-0.1, -0.05) is 0 Å². The number of esters is 1. The second-order valence-electron chi connectivity index (χ2n) is 2.72. The molecule has 0 saturated heterocycles. The van der Waals surface area contributed by atoms with Gasteiger partial charge in [-0.2, -0.15) is 0 Å². The summed E-state index contributed by atoms with van der Waals surface area (Å²) in [4.78, 5) is 11.0. The highest BCUT2D eigenvalue weighted by Crippen LogP contribution is 2.32. The third kappa shape index (κ3) is 2.27. The first-order chi connectivity index (χ1) is 6.99. The number of hydrogen-bond donors (Lipinski definition) is 2. The number of phenols is 1. The van der Waals surface area contributed by atoms with Gasteiger partial charge in [-0.05, 0) is 28.1 Å². The summed E-state index contributed by atoms with van der Waals surface area (Å²) < 4.78 is 17.7. The zero-order chi connectivity index (χ0) is 11.6. The number of rotatable bonds is 2. The molecule has 0 radical (unpaired) electrons. The van der Waals surface area contributed by atoms with Crippen LogP contribution in [-0.2, 0) is 9.53 Å². The molecule has 0 bridgehead atoms. The average Bonchev–Trinajstić information content (AvgIpc) is 2.22. The largest absolute Gasteiger partial charge is 0.507 e. The number of carbonyl (C=O) groups excluding carboxylic acids is 1. The molecule has 4 nitrogen and oxygen atoms in total. The minimum absolute atomic E-state index is 0.0400. The van der Waals surface area contributed by atoms with E-state index in [0.717, 1.165) is 13.2 Å². The molecule has 1 aromatic carbocycles. The van der Waals surface area contributed by atoms with E-state index in [0.29, 0.717) is 0 Å². The van der Waals surface area contributed by atoms with Crippen LogP contribution in [0.1, 0.15) is 11.7 Å². The second-order valence-corrected chi connectivity index (χ2v) is 3.57. The molecule has 1 aromatic rings. The van der Waals surface area contributed by atoms with Crippen LogP contribution < -0.4 is 0 Å². The maximum atomic E-state index is 13.4. The summed E-state index contributed by atoms with van der Waals surface area (Å²) in [5.41, 5.74) is -0.503. The predicted octanol–water partition coefficient (Wildman–Crippen LogP) is 1.50. The Balaban J connectivity index is 3.24. The first kappa shape index (κ1) is 11.9. The summed E-state index contributed by atoms with van der Waals surface area (Å²) in [5, 5.41) is 18.7. The number of aliphatic hydroxyl groups excluding tert-OH is 1. The van der Waals surface area contributed by atoms with Gasteiger partial charge >= 0.3 is 5.97 Å². The van der Waals surface area contributed by atoms with Crippen molar-refractivity contribution in [2.75, 3.05) is 7.11 Å². The standard InChI is InChI=1S/C9H8BrFO4/c1-15-9(14)8(13)6-5(12)3-2-4(10)7(6)11/h2-3,8,12-13H,1H3. The van der Waals surface area contributed by atoms with Crippen LogP contribution in [0.15, 0.2) is 16.6 Å². The molecule has 82 valence electrons. The van der Waals surface area contributed by atoms with E-state index in [-0.39, 0.29) is 4.47 Å². The van der Waals surface area contributed by atoms with Crippen molar-refractivity contribution in [2.45, 2.75) is 6.10 Å². The predicted molar refractivity (Wildman–Crippen MR) is 52.7 cm³/mol. The third-order valence-corrected chi connectivity index (χ3v) is 2.42. The summed E-state index contributed by atoms with van der Waals surface area (Å²) >= 11 is 2.87. The lowest BCUT2D eigenvalue weighted by Gasteiger charge is -2.12. The maximum Gasteiger partial charge on any atom is 0.339 e. The molecule has 0 heterocycles. The van der Waals surface area contributed by atoms with Gasteiger partial charge in [0.1, 0.15) is 11.6 Å². The minimum Gasteiger partial charge on any atom is -0.507 e. The Hall–Kier alpha value is -1.14. The van der Waals surface area contributed by atoms with E-state index in [9.17, 15) is 19.4 Å². The molecule has 1 rings (SSSR count).